The standard InChI is InChI=1S/C16H24N2O2/c1-3-12-11-18(10-9-14(12)17)16(19)15(20-2)13-7-5-4-6-8-13/h4-8,12,14-15H,3,9-11,17H2,1-2H3. The van der Waals surface area contributed by atoms with Crippen LogP contribution in [0, 0.1) is 5.92 Å². The molecule has 0 bridgehead atoms. The minimum Gasteiger partial charge on any atom is -0.367 e. The van der Waals surface area contributed by atoms with Crippen LogP contribution in [0.4, 0.5) is 0 Å². The highest BCUT2D eigenvalue weighted by Crippen LogP contribution is 2.24. The third-order valence-electron chi connectivity index (χ3n) is 4.19. The van der Waals surface area contributed by atoms with Crippen molar-refractivity contribution >= 4 is 5.91 Å². The number of likely N-dealkylation sites (tertiary alicyclic amines) is 1. The monoisotopic (exact) mass is 276 g/mol. The maximum atomic E-state index is 12.7. The second-order valence-electron chi connectivity index (χ2n) is 5.43. The van der Waals surface area contributed by atoms with Crippen LogP contribution in [0.5, 0.6) is 0 Å². The van der Waals surface area contributed by atoms with Crippen LogP contribution in [0.15, 0.2) is 30.3 Å². The highest BCUT2D eigenvalue weighted by molar-refractivity contribution is 5.82. The third kappa shape index (κ3) is 3.19. The van der Waals surface area contributed by atoms with Crippen molar-refractivity contribution in [3.8, 4) is 0 Å². The Balaban J connectivity index is 2.09. The quantitative estimate of drug-likeness (QED) is 0.914. The Hall–Kier alpha value is -1.39. The van der Waals surface area contributed by atoms with E-state index in [1.807, 2.05) is 35.2 Å². The highest BCUT2D eigenvalue weighted by atomic mass is 16.5. The van der Waals surface area contributed by atoms with Crippen molar-refractivity contribution in [3.63, 3.8) is 0 Å². The van der Waals surface area contributed by atoms with Gasteiger partial charge >= 0.3 is 0 Å². The van der Waals surface area contributed by atoms with Crippen LogP contribution in [0.25, 0.3) is 0 Å². The number of carbonyl (C=O) groups is 1. The van der Waals surface area contributed by atoms with Crippen LogP contribution < -0.4 is 5.73 Å². The lowest BCUT2D eigenvalue weighted by molar-refractivity contribution is -0.144. The van der Waals surface area contributed by atoms with Gasteiger partial charge in [0.1, 0.15) is 0 Å². The number of benzene rings is 1. The molecule has 2 N–H and O–H groups in total. The average molecular weight is 276 g/mol. The van der Waals surface area contributed by atoms with Crippen molar-refractivity contribution in [2.45, 2.75) is 31.9 Å². The summed E-state index contributed by atoms with van der Waals surface area (Å²) in [7, 11) is 1.59. The van der Waals surface area contributed by atoms with Crippen LogP contribution in [-0.4, -0.2) is 37.0 Å². The molecule has 1 aromatic carbocycles. The van der Waals surface area contributed by atoms with E-state index in [0.29, 0.717) is 5.92 Å². The molecule has 0 saturated carbocycles. The van der Waals surface area contributed by atoms with Gasteiger partial charge in [-0.05, 0) is 17.9 Å². The van der Waals surface area contributed by atoms with E-state index in [-0.39, 0.29) is 11.9 Å². The maximum absolute atomic E-state index is 12.7. The van der Waals surface area contributed by atoms with Gasteiger partial charge in [0.2, 0.25) is 0 Å². The summed E-state index contributed by atoms with van der Waals surface area (Å²) in [6.07, 6.45) is 1.37. The van der Waals surface area contributed by atoms with E-state index in [0.717, 1.165) is 31.5 Å². The molecule has 1 fully saturated rings. The molecule has 1 heterocycles. The van der Waals surface area contributed by atoms with E-state index in [4.69, 9.17) is 10.5 Å². The van der Waals surface area contributed by atoms with Gasteiger partial charge in [-0.25, -0.2) is 0 Å². The summed E-state index contributed by atoms with van der Waals surface area (Å²) in [4.78, 5) is 14.6. The van der Waals surface area contributed by atoms with Gasteiger partial charge in [0.25, 0.3) is 5.91 Å². The van der Waals surface area contributed by atoms with Crippen molar-refractivity contribution < 1.29 is 9.53 Å². The molecule has 3 unspecified atom stereocenters. The summed E-state index contributed by atoms with van der Waals surface area (Å²) >= 11 is 0. The van der Waals surface area contributed by atoms with Gasteiger partial charge in [-0.3, -0.25) is 4.79 Å². The molecule has 1 aliphatic rings. The molecule has 4 nitrogen and oxygen atoms in total. The predicted octanol–water partition coefficient (Wildman–Crippen LogP) is 1.96. The zero-order chi connectivity index (χ0) is 14.5. The van der Waals surface area contributed by atoms with E-state index in [1.54, 1.807) is 7.11 Å². The topological polar surface area (TPSA) is 55.6 Å². The van der Waals surface area contributed by atoms with Crippen molar-refractivity contribution in [2.24, 2.45) is 11.7 Å². The molecule has 1 amide bonds. The highest BCUT2D eigenvalue weighted by Gasteiger charge is 2.32. The lowest BCUT2D eigenvalue weighted by Crippen LogP contribution is -2.50. The second kappa shape index (κ2) is 6.86. The summed E-state index contributed by atoms with van der Waals surface area (Å²) in [5, 5.41) is 0. The van der Waals surface area contributed by atoms with E-state index >= 15 is 0 Å². The van der Waals surface area contributed by atoms with Gasteiger partial charge in [0, 0.05) is 26.2 Å². The van der Waals surface area contributed by atoms with Crippen LogP contribution in [0.2, 0.25) is 0 Å². The second-order valence-corrected chi connectivity index (χ2v) is 5.43. The molecule has 4 heteroatoms. The van der Waals surface area contributed by atoms with Crippen molar-refractivity contribution in [1.29, 1.82) is 0 Å². The van der Waals surface area contributed by atoms with Gasteiger partial charge in [0.05, 0.1) is 0 Å². The Bertz CT molecular complexity index is 435. The molecule has 1 aromatic rings. The number of ether oxygens (including phenoxy) is 1. The van der Waals surface area contributed by atoms with E-state index < -0.39 is 6.10 Å². The van der Waals surface area contributed by atoms with Crippen molar-refractivity contribution in [3.05, 3.63) is 35.9 Å². The molecule has 0 aliphatic carbocycles. The fourth-order valence-corrected chi connectivity index (χ4v) is 2.86. The Kier molecular flexibility index (Phi) is 5.15. The number of piperidine rings is 1. The van der Waals surface area contributed by atoms with Crippen molar-refractivity contribution in [2.75, 3.05) is 20.2 Å². The van der Waals surface area contributed by atoms with Gasteiger partial charge in [0.15, 0.2) is 6.10 Å². The van der Waals surface area contributed by atoms with Gasteiger partial charge in [-0.15, -0.1) is 0 Å². The fourth-order valence-electron chi connectivity index (χ4n) is 2.86. The molecule has 0 aromatic heterocycles. The fraction of sp³-hybridized carbons (Fsp3) is 0.562. The zero-order valence-corrected chi connectivity index (χ0v) is 12.3. The Labute approximate surface area is 120 Å². The number of amides is 1. The van der Waals surface area contributed by atoms with Gasteiger partial charge < -0.3 is 15.4 Å². The first kappa shape index (κ1) is 15.0. The number of nitrogens with two attached hydrogens (primary N) is 1. The lowest BCUT2D eigenvalue weighted by atomic mass is 9.90. The van der Waals surface area contributed by atoms with Crippen molar-refractivity contribution in [1.82, 2.24) is 4.90 Å². The largest absolute Gasteiger partial charge is 0.367 e. The predicted molar refractivity (Wildman–Crippen MR) is 79.1 cm³/mol. The number of rotatable bonds is 4. The van der Waals surface area contributed by atoms with Crippen LogP contribution in [-0.2, 0) is 9.53 Å². The molecule has 110 valence electrons. The Morgan fingerprint density at radius 3 is 2.75 bits per heavy atom. The summed E-state index contributed by atoms with van der Waals surface area (Å²) in [6.45, 7) is 3.59. The number of hydrogen-bond donors (Lipinski definition) is 1. The molecule has 1 aliphatic heterocycles. The summed E-state index contributed by atoms with van der Waals surface area (Å²) in [6, 6.07) is 9.86. The molecule has 3 atom stereocenters. The molecular formula is C16H24N2O2. The van der Waals surface area contributed by atoms with E-state index in [1.165, 1.54) is 0 Å². The first-order valence-corrected chi connectivity index (χ1v) is 7.29. The first-order valence-electron chi connectivity index (χ1n) is 7.29. The smallest absolute Gasteiger partial charge is 0.256 e. The Morgan fingerprint density at radius 1 is 1.45 bits per heavy atom. The van der Waals surface area contributed by atoms with Crippen LogP contribution in [0.3, 0.4) is 0 Å². The molecule has 0 spiro atoms. The lowest BCUT2D eigenvalue weighted by Gasteiger charge is -2.37. The SMILES string of the molecule is CCC1CN(C(=O)C(OC)c2ccccc2)CCC1N. The van der Waals surface area contributed by atoms with Crippen LogP contribution in [0.1, 0.15) is 31.4 Å². The molecular weight excluding hydrogens is 252 g/mol. The molecule has 2 rings (SSSR count). The third-order valence-corrected chi connectivity index (χ3v) is 4.19. The number of carbonyl (C=O) groups excluding carboxylic acids is 1. The minimum atomic E-state index is -0.511. The summed E-state index contributed by atoms with van der Waals surface area (Å²) in [5.74, 6) is 0.435. The summed E-state index contributed by atoms with van der Waals surface area (Å²) in [5.41, 5.74) is 7.01. The number of methoxy groups -OCH3 is 1. The normalized spacial score (nSPS) is 24.4. The molecule has 1 saturated heterocycles. The van der Waals surface area contributed by atoms with Crippen LogP contribution >= 0.6 is 0 Å². The van der Waals surface area contributed by atoms with Gasteiger partial charge in [-0.2, -0.15) is 0 Å². The first-order chi connectivity index (χ1) is 9.67. The zero-order valence-electron chi connectivity index (χ0n) is 12.3. The summed E-state index contributed by atoms with van der Waals surface area (Å²) < 4.78 is 5.42. The molecule has 0 radical (unpaired) electrons. The average Bonchev–Trinajstić information content (AvgIpc) is 2.49. The van der Waals surface area contributed by atoms with E-state index in [9.17, 15) is 4.79 Å². The molecule has 20 heavy (non-hydrogen) atoms. The Morgan fingerprint density at radius 2 is 2.15 bits per heavy atom. The maximum Gasteiger partial charge on any atom is 0.256 e. The number of nitrogens with zero attached hydrogens (tertiary/aromatic N) is 1. The van der Waals surface area contributed by atoms with Gasteiger partial charge in [-0.1, -0.05) is 43.7 Å². The number of hydrogen-bond acceptors (Lipinski definition) is 3. The van der Waals surface area contributed by atoms with E-state index in [2.05, 4.69) is 6.92 Å². The minimum absolute atomic E-state index is 0.0454.